The smallest absolute Gasteiger partial charge is 0.245 e. The minimum absolute atomic E-state index is 0.225. The summed E-state index contributed by atoms with van der Waals surface area (Å²) in [4.78, 5) is 0. The number of aliphatic hydroxyl groups excluding tert-OH is 1. The molecule has 0 bridgehead atoms. The van der Waals surface area contributed by atoms with Crippen LogP contribution in [0.5, 0.6) is 5.88 Å². The van der Waals surface area contributed by atoms with Crippen LogP contribution in [0, 0.1) is 12.3 Å². The molecular weight excluding hydrogens is 238 g/mol. The Morgan fingerprint density at radius 3 is 3.18 bits per heavy atom. The van der Waals surface area contributed by atoms with Crippen molar-refractivity contribution in [2.45, 2.75) is 25.4 Å². The van der Waals surface area contributed by atoms with Gasteiger partial charge in [0, 0.05) is 13.0 Å². The molecule has 1 rings (SSSR count). The zero-order valence-corrected chi connectivity index (χ0v) is 10.4. The third-order valence-corrected chi connectivity index (χ3v) is 2.53. The lowest BCUT2D eigenvalue weighted by molar-refractivity contribution is 0.104. The van der Waals surface area contributed by atoms with Crippen molar-refractivity contribution >= 4 is 11.7 Å². The predicted molar refractivity (Wildman–Crippen MR) is 67.0 cm³/mol. The SMILES string of the molecule is C#CCCCCNCC(O)COc1cnsn1. The van der Waals surface area contributed by atoms with Gasteiger partial charge in [-0.15, -0.1) is 16.7 Å². The van der Waals surface area contributed by atoms with Crippen molar-refractivity contribution in [2.75, 3.05) is 19.7 Å². The van der Waals surface area contributed by atoms with E-state index in [4.69, 9.17) is 11.2 Å². The van der Waals surface area contributed by atoms with E-state index in [2.05, 4.69) is 20.0 Å². The van der Waals surface area contributed by atoms with Crippen molar-refractivity contribution in [3.05, 3.63) is 6.20 Å². The van der Waals surface area contributed by atoms with Crippen LogP contribution in [0.1, 0.15) is 19.3 Å². The molecule has 0 radical (unpaired) electrons. The van der Waals surface area contributed by atoms with Crippen LogP contribution in [0.25, 0.3) is 0 Å². The fourth-order valence-electron chi connectivity index (χ4n) is 1.21. The van der Waals surface area contributed by atoms with Crippen LogP contribution < -0.4 is 10.1 Å². The minimum Gasteiger partial charge on any atom is -0.473 e. The van der Waals surface area contributed by atoms with Crippen molar-refractivity contribution in [3.63, 3.8) is 0 Å². The lowest BCUT2D eigenvalue weighted by Crippen LogP contribution is -2.32. The van der Waals surface area contributed by atoms with Crippen LogP contribution in [-0.2, 0) is 0 Å². The van der Waals surface area contributed by atoms with E-state index in [-0.39, 0.29) is 6.61 Å². The topological polar surface area (TPSA) is 67.3 Å². The molecule has 1 unspecified atom stereocenters. The number of aliphatic hydroxyl groups is 1. The van der Waals surface area contributed by atoms with Gasteiger partial charge >= 0.3 is 0 Å². The van der Waals surface area contributed by atoms with Crippen LogP contribution in [0.4, 0.5) is 0 Å². The second-order valence-corrected chi connectivity index (χ2v) is 4.13. The molecule has 0 saturated heterocycles. The van der Waals surface area contributed by atoms with Crippen LogP contribution in [0.15, 0.2) is 6.20 Å². The standard InChI is InChI=1S/C11H17N3O2S/c1-2-3-4-5-6-12-7-10(15)9-16-11-8-13-17-14-11/h1,8,10,12,15H,3-7,9H2. The highest BCUT2D eigenvalue weighted by molar-refractivity contribution is 6.99. The Balaban J connectivity index is 1.94. The van der Waals surface area contributed by atoms with Gasteiger partial charge < -0.3 is 15.2 Å². The number of nitrogens with zero attached hydrogens (tertiary/aromatic N) is 2. The van der Waals surface area contributed by atoms with E-state index in [0.29, 0.717) is 12.4 Å². The molecule has 1 aromatic rings. The lowest BCUT2D eigenvalue weighted by Gasteiger charge is -2.11. The molecule has 0 aromatic carbocycles. The molecule has 1 heterocycles. The Morgan fingerprint density at radius 1 is 1.59 bits per heavy atom. The van der Waals surface area contributed by atoms with E-state index in [1.165, 1.54) is 6.20 Å². The number of rotatable bonds is 9. The first-order chi connectivity index (χ1) is 8.33. The molecule has 0 aliphatic heterocycles. The van der Waals surface area contributed by atoms with E-state index in [9.17, 15) is 5.11 Å². The summed E-state index contributed by atoms with van der Waals surface area (Å²) in [5.74, 6) is 3.06. The predicted octanol–water partition coefficient (Wildman–Crippen LogP) is 0.671. The molecule has 17 heavy (non-hydrogen) atoms. The van der Waals surface area contributed by atoms with Gasteiger partial charge in [-0.2, -0.15) is 4.37 Å². The van der Waals surface area contributed by atoms with E-state index in [1.807, 2.05) is 0 Å². The van der Waals surface area contributed by atoms with E-state index < -0.39 is 6.10 Å². The molecule has 0 saturated carbocycles. The Kier molecular flexibility index (Phi) is 7.30. The van der Waals surface area contributed by atoms with Crippen molar-refractivity contribution < 1.29 is 9.84 Å². The van der Waals surface area contributed by atoms with Gasteiger partial charge in [-0.25, -0.2) is 0 Å². The van der Waals surface area contributed by atoms with Crippen LogP contribution >= 0.6 is 11.7 Å². The molecule has 1 atom stereocenters. The molecule has 0 fully saturated rings. The summed E-state index contributed by atoms with van der Waals surface area (Å²) in [6, 6.07) is 0. The Labute approximate surface area is 106 Å². The summed E-state index contributed by atoms with van der Waals surface area (Å²) in [6.45, 7) is 1.59. The molecular formula is C11H17N3O2S. The Hall–Kier alpha value is -1.16. The second-order valence-electron chi connectivity index (χ2n) is 3.58. The van der Waals surface area contributed by atoms with Gasteiger partial charge in [0.1, 0.15) is 18.9 Å². The first-order valence-electron chi connectivity index (χ1n) is 5.55. The Morgan fingerprint density at radius 2 is 2.47 bits per heavy atom. The summed E-state index contributed by atoms with van der Waals surface area (Å²) in [5.41, 5.74) is 0. The van der Waals surface area contributed by atoms with Gasteiger partial charge in [0.15, 0.2) is 0 Å². The van der Waals surface area contributed by atoms with E-state index in [1.54, 1.807) is 0 Å². The van der Waals surface area contributed by atoms with Gasteiger partial charge in [-0.05, 0) is 19.4 Å². The van der Waals surface area contributed by atoms with Crippen molar-refractivity contribution in [3.8, 4) is 18.2 Å². The summed E-state index contributed by atoms with van der Waals surface area (Å²) >= 11 is 1.08. The normalized spacial score (nSPS) is 12.0. The third-order valence-electron chi connectivity index (χ3n) is 2.07. The molecule has 0 amide bonds. The minimum atomic E-state index is -0.538. The van der Waals surface area contributed by atoms with Gasteiger partial charge in [-0.1, -0.05) is 0 Å². The van der Waals surface area contributed by atoms with Crippen LogP contribution in [-0.4, -0.2) is 39.7 Å². The first kappa shape index (κ1) is 13.9. The number of nitrogens with one attached hydrogen (secondary N) is 1. The lowest BCUT2D eigenvalue weighted by atomic mass is 10.2. The van der Waals surface area contributed by atoms with E-state index >= 15 is 0 Å². The van der Waals surface area contributed by atoms with Gasteiger partial charge in [0.2, 0.25) is 5.88 Å². The number of unbranched alkanes of at least 4 members (excludes halogenated alkanes) is 2. The molecule has 94 valence electrons. The quantitative estimate of drug-likeness (QED) is 0.501. The molecule has 0 aliphatic carbocycles. The maximum absolute atomic E-state index is 9.59. The van der Waals surface area contributed by atoms with Gasteiger partial charge in [-0.3, -0.25) is 0 Å². The highest BCUT2D eigenvalue weighted by Crippen LogP contribution is 2.04. The molecule has 0 spiro atoms. The summed E-state index contributed by atoms with van der Waals surface area (Å²) in [5, 5.41) is 12.7. The number of aromatic nitrogens is 2. The molecule has 5 nitrogen and oxygen atoms in total. The number of hydrogen-bond donors (Lipinski definition) is 2. The highest BCUT2D eigenvalue weighted by atomic mass is 32.1. The molecule has 6 heteroatoms. The maximum Gasteiger partial charge on any atom is 0.245 e. The fraction of sp³-hybridized carbons (Fsp3) is 0.636. The average molecular weight is 255 g/mol. The monoisotopic (exact) mass is 255 g/mol. The third kappa shape index (κ3) is 6.89. The van der Waals surface area contributed by atoms with Crippen molar-refractivity contribution in [1.82, 2.24) is 14.1 Å². The van der Waals surface area contributed by atoms with E-state index in [0.717, 1.165) is 37.5 Å². The maximum atomic E-state index is 9.59. The van der Waals surface area contributed by atoms with Gasteiger partial charge in [0.05, 0.1) is 11.7 Å². The van der Waals surface area contributed by atoms with Crippen molar-refractivity contribution in [2.24, 2.45) is 0 Å². The summed E-state index contributed by atoms with van der Waals surface area (Å²) in [6.07, 6.45) is 8.98. The largest absolute Gasteiger partial charge is 0.473 e. The molecule has 2 N–H and O–H groups in total. The molecule has 1 aromatic heterocycles. The highest BCUT2D eigenvalue weighted by Gasteiger charge is 2.05. The molecule has 0 aliphatic rings. The number of ether oxygens (including phenoxy) is 1. The van der Waals surface area contributed by atoms with Crippen molar-refractivity contribution in [1.29, 1.82) is 0 Å². The Bertz CT molecular complexity index is 324. The van der Waals surface area contributed by atoms with Gasteiger partial charge in [0.25, 0.3) is 0 Å². The first-order valence-corrected chi connectivity index (χ1v) is 6.28. The average Bonchev–Trinajstić information content (AvgIpc) is 2.84. The van der Waals surface area contributed by atoms with Crippen LogP contribution in [0.3, 0.4) is 0 Å². The zero-order chi connectivity index (χ0) is 12.3. The summed E-state index contributed by atoms with van der Waals surface area (Å²) in [7, 11) is 0. The fourth-order valence-corrected chi connectivity index (χ4v) is 1.57. The number of hydrogen-bond acceptors (Lipinski definition) is 6. The van der Waals surface area contributed by atoms with Crippen LogP contribution in [0.2, 0.25) is 0 Å². The zero-order valence-electron chi connectivity index (χ0n) is 9.63. The second kappa shape index (κ2) is 8.93. The number of terminal acetylenes is 1. The summed E-state index contributed by atoms with van der Waals surface area (Å²) < 4.78 is 12.9.